The first-order valence-electron chi connectivity index (χ1n) is 8.33. The molecule has 0 fully saturated rings. The SMILES string of the molecule is C=P(O)(P(=O)(O)O)P(=O)(O)NCCC(OC)C(O)C(O)(C#CCF)n1cnc(=O)[nH]c1=O. The minimum atomic E-state index is -5.44. The number of methoxy groups -OCH3 is 1. The Labute approximate surface area is 179 Å². The largest absolute Gasteiger partial charge is 0.384 e. The zero-order valence-electron chi connectivity index (χ0n) is 16.4. The van der Waals surface area contributed by atoms with Gasteiger partial charge in [0.2, 0.25) is 12.2 Å². The number of nitrogens with zero attached hydrogens (tertiary/aromatic N) is 2. The second kappa shape index (κ2) is 10.6. The smallest absolute Gasteiger partial charge is 0.378 e. The highest BCUT2D eigenvalue weighted by Crippen LogP contribution is 2.92. The van der Waals surface area contributed by atoms with Crippen LogP contribution >= 0.6 is 21.0 Å². The predicted octanol–water partition coefficient (Wildman–Crippen LogP) is -2.54. The van der Waals surface area contributed by atoms with Gasteiger partial charge in [-0.1, -0.05) is 12.2 Å². The number of aromatic nitrogens is 3. The Bertz CT molecular complexity index is 1140. The van der Waals surface area contributed by atoms with Gasteiger partial charge in [0, 0.05) is 13.7 Å². The molecule has 15 nitrogen and oxygen atoms in total. The van der Waals surface area contributed by atoms with Gasteiger partial charge < -0.3 is 34.5 Å². The third-order valence-electron chi connectivity index (χ3n) is 4.09. The highest BCUT2D eigenvalue weighted by molar-refractivity contribution is 8.64. The maximum absolute atomic E-state index is 12.6. The van der Waals surface area contributed by atoms with E-state index in [4.69, 9.17) is 14.5 Å². The van der Waals surface area contributed by atoms with Gasteiger partial charge in [-0.3, -0.25) is 14.1 Å². The fourth-order valence-electron chi connectivity index (χ4n) is 2.32. The minimum Gasteiger partial charge on any atom is -0.384 e. The molecule has 5 unspecified atom stereocenters. The van der Waals surface area contributed by atoms with Gasteiger partial charge >= 0.3 is 25.9 Å². The van der Waals surface area contributed by atoms with Crippen LogP contribution in [0.3, 0.4) is 0 Å². The average Bonchev–Trinajstić information content (AvgIpc) is 2.67. The van der Waals surface area contributed by atoms with Crippen LogP contribution in [0.15, 0.2) is 15.9 Å². The number of aliphatic hydroxyl groups excluding tert-OH is 1. The number of nitrogens with one attached hydrogen (secondary N) is 2. The lowest BCUT2D eigenvalue weighted by Gasteiger charge is -2.34. The molecule has 5 atom stereocenters. The molecule has 0 aliphatic heterocycles. The van der Waals surface area contributed by atoms with Crippen molar-refractivity contribution in [2.45, 2.75) is 24.4 Å². The molecule has 0 amide bonds. The highest BCUT2D eigenvalue weighted by Gasteiger charge is 2.48. The van der Waals surface area contributed by atoms with Gasteiger partial charge in [0.15, 0.2) is 6.67 Å². The maximum Gasteiger partial charge on any atom is 0.378 e. The Morgan fingerprint density at radius 2 is 1.97 bits per heavy atom. The predicted molar refractivity (Wildman–Crippen MR) is 111 cm³/mol. The Morgan fingerprint density at radius 3 is 2.44 bits per heavy atom. The van der Waals surface area contributed by atoms with E-state index >= 15 is 0 Å². The summed E-state index contributed by atoms with van der Waals surface area (Å²) in [6.45, 7) is -6.82. The van der Waals surface area contributed by atoms with Crippen molar-refractivity contribution >= 4 is 27.3 Å². The zero-order chi connectivity index (χ0) is 25.0. The molecular weight excluding hydrogens is 500 g/mol. The number of ether oxygens (including phenoxy) is 1. The zero-order valence-corrected chi connectivity index (χ0v) is 19.1. The lowest BCUT2D eigenvalue weighted by Crippen LogP contribution is -2.55. The topological polar surface area (TPSA) is 245 Å². The van der Waals surface area contributed by atoms with Crippen LogP contribution in [-0.4, -0.2) is 83.2 Å². The average molecular weight is 522 g/mol. The molecule has 8 N–H and O–H groups in total. The lowest BCUT2D eigenvalue weighted by molar-refractivity contribution is -0.148. The second-order valence-electron chi connectivity index (χ2n) is 6.18. The summed E-state index contributed by atoms with van der Waals surface area (Å²) >= 11 is 0. The van der Waals surface area contributed by atoms with Crippen molar-refractivity contribution < 1.29 is 48.0 Å². The maximum atomic E-state index is 12.6. The quantitative estimate of drug-likeness (QED) is 0.117. The van der Waals surface area contributed by atoms with Gasteiger partial charge in [-0.2, -0.15) is 4.98 Å². The van der Waals surface area contributed by atoms with E-state index in [1.54, 1.807) is 4.98 Å². The highest BCUT2D eigenvalue weighted by atomic mass is 32.5. The number of hydrogen-bond donors (Lipinski definition) is 8. The molecule has 0 aliphatic carbocycles. The fourth-order valence-corrected chi connectivity index (χ4v) is 8.62. The van der Waals surface area contributed by atoms with E-state index in [0.29, 0.717) is 10.9 Å². The molecule has 19 heteroatoms. The van der Waals surface area contributed by atoms with Crippen molar-refractivity contribution in [1.29, 1.82) is 0 Å². The van der Waals surface area contributed by atoms with Crippen molar-refractivity contribution in [2.75, 3.05) is 20.3 Å². The first-order chi connectivity index (χ1) is 14.5. The van der Waals surface area contributed by atoms with Crippen LogP contribution in [0, 0.1) is 11.8 Å². The van der Waals surface area contributed by atoms with Crippen molar-refractivity contribution in [2.24, 2.45) is 0 Å². The molecule has 1 heterocycles. The number of halogens is 1. The summed E-state index contributed by atoms with van der Waals surface area (Å²) < 4.78 is 41.3. The molecule has 0 bridgehead atoms. The summed E-state index contributed by atoms with van der Waals surface area (Å²) in [6.07, 6.45) is -0.790. The third kappa shape index (κ3) is 6.11. The normalized spacial score (nSPS) is 19.5. The molecule has 32 heavy (non-hydrogen) atoms. The van der Waals surface area contributed by atoms with E-state index in [0.717, 1.165) is 7.11 Å². The van der Waals surface area contributed by atoms with Crippen LogP contribution in [-0.2, 0) is 19.6 Å². The van der Waals surface area contributed by atoms with Crippen molar-refractivity contribution in [3.8, 4) is 11.8 Å². The van der Waals surface area contributed by atoms with E-state index in [9.17, 15) is 43.1 Å². The molecule has 0 aromatic carbocycles. The summed E-state index contributed by atoms with van der Waals surface area (Å²) in [5, 5.41) is 23.2. The molecule has 0 radical (unpaired) electrons. The summed E-state index contributed by atoms with van der Waals surface area (Å²) in [5.41, 5.74) is -5.22. The monoisotopic (exact) mass is 522 g/mol. The Hall–Kier alpha value is -1.46. The van der Waals surface area contributed by atoms with E-state index in [2.05, 4.69) is 11.3 Å². The standard InChI is InChI=1S/C13H22FN4O11P3/c1-29-9(4-7-16-31(24,25)30(2,23)32(26,27)28)10(19)13(22,5-3-6-14)18-8-15-11(20)17-12(18)21/h8-10,19,22-23H,2,4,6-7H2,1H3,(H2,16,24,25)(H,17,20,21)(H2,26,27,28). The number of H-pyrrole nitrogens is 1. The molecule has 0 saturated heterocycles. The molecule has 182 valence electrons. The molecule has 0 spiro atoms. The lowest BCUT2D eigenvalue weighted by atomic mass is 9.99. The summed E-state index contributed by atoms with van der Waals surface area (Å²) in [5.74, 6) is 3.74. The van der Waals surface area contributed by atoms with Gasteiger partial charge in [-0.25, -0.2) is 23.6 Å². The molecule has 0 aliphatic rings. The second-order valence-corrected chi connectivity index (χ2v) is 18.1. The number of hydrogen-bond acceptors (Lipinski definition) is 9. The molecule has 1 rings (SSSR count). The van der Waals surface area contributed by atoms with Gasteiger partial charge in [0.25, 0.3) is 0 Å². The van der Waals surface area contributed by atoms with Crippen LogP contribution in [0.25, 0.3) is 0 Å². The van der Waals surface area contributed by atoms with E-state index < -0.39 is 69.9 Å². The van der Waals surface area contributed by atoms with Gasteiger partial charge in [-0.15, -0.1) is 0 Å². The molecular formula is C13H22FN4O11P3. The van der Waals surface area contributed by atoms with E-state index in [1.165, 1.54) is 0 Å². The Morgan fingerprint density at radius 1 is 1.38 bits per heavy atom. The third-order valence-corrected chi connectivity index (χ3v) is 16.2. The van der Waals surface area contributed by atoms with Crippen molar-refractivity contribution in [3.63, 3.8) is 0 Å². The Balaban J connectivity index is 3.20. The van der Waals surface area contributed by atoms with Crippen molar-refractivity contribution in [1.82, 2.24) is 19.6 Å². The van der Waals surface area contributed by atoms with Crippen molar-refractivity contribution in [3.05, 3.63) is 27.3 Å². The number of alkyl halides is 1. The van der Waals surface area contributed by atoms with Crippen LogP contribution < -0.4 is 16.5 Å². The Kier molecular flexibility index (Phi) is 9.51. The van der Waals surface area contributed by atoms with Gasteiger partial charge in [0.05, 0.1) is 6.10 Å². The number of aromatic amines is 1. The van der Waals surface area contributed by atoms with Crippen LogP contribution in [0.1, 0.15) is 6.42 Å². The van der Waals surface area contributed by atoms with E-state index in [-0.39, 0.29) is 0 Å². The summed E-state index contributed by atoms with van der Waals surface area (Å²) in [6, 6.07) is 0. The van der Waals surface area contributed by atoms with Gasteiger partial charge in [0.1, 0.15) is 12.4 Å². The molecule has 0 saturated carbocycles. The van der Waals surface area contributed by atoms with Crippen LogP contribution in [0.4, 0.5) is 4.39 Å². The first-order valence-corrected chi connectivity index (χ1v) is 14.9. The summed E-state index contributed by atoms with van der Waals surface area (Å²) in [7, 11) is -9.49. The number of rotatable bonds is 10. The fraction of sp³-hybridized carbons (Fsp3) is 0.538. The number of aliphatic hydroxyl groups is 2. The van der Waals surface area contributed by atoms with Gasteiger partial charge in [-0.05, 0) is 12.3 Å². The van der Waals surface area contributed by atoms with Crippen LogP contribution in [0.2, 0.25) is 0 Å². The minimum absolute atomic E-state index is 0.298. The first kappa shape index (κ1) is 28.6. The van der Waals surface area contributed by atoms with Crippen LogP contribution in [0.5, 0.6) is 0 Å². The molecule has 1 aromatic heterocycles. The summed E-state index contributed by atoms with van der Waals surface area (Å²) in [4.78, 5) is 65.8. The molecule has 1 aromatic rings. The van der Waals surface area contributed by atoms with E-state index in [1.807, 2.05) is 16.9 Å².